The molecule has 4 aromatic heterocycles. The number of aromatic nitrogens is 6. The van der Waals surface area contributed by atoms with Gasteiger partial charge < -0.3 is 34.6 Å². The summed E-state index contributed by atoms with van der Waals surface area (Å²) >= 11 is 27.5. The van der Waals surface area contributed by atoms with Crippen LogP contribution in [0.4, 0.5) is 4.79 Å². The van der Waals surface area contributed by atoms with Gasteiger partial charge in [0.05, 0.1) is 25.4 Å². The van der Waals surface area contributed by atoms with Crippen LogP contribution < -0.4 is 5.73 Å². The van der Waals surface area contributed by atoms with Crippen LogP contribution in [0.15, 0.2) is 105 Å². The first kappa shape index (κ1) is 49.3. The molecule has 324 valence electrons. The molecule has 0 aliphatic heterocycles. The third-order valence-corrected chi connectivity index (χ3v) is 11.4. The number of aliphatic hydroxyl groups excluding tert-OH is 1. The Balaban J connectivity index is 0.000000264. The van der Waals surface area contributed by atoms with Crippen molar-refractivity contribution in [2.45, 2.75) is 92.8 Å². The van der Waals surface area contributed by atoms with E-state index in [1.807, 2.05) is 52.5 Å². The first-order valence-electron chi connectivity index (χ1n) is 18.1. The summed E-state index contributed by atoms with van der Waals surface area (Å²) in [5.41, 5.74) is 7.00. The number of carbonyl (C=O) groups is 2. The second-order valence-electron chi connectivity index (χ2n) is 13.7. The van der Waals surface area contributed by atoms with Crippen LogP contribution in [0.25, 0.3) is 0 Å². The van der Waals surface area contributed by atoms with E-state index < -0.39 is 11.7 Å². The quantitative estimate of drug-likeness (QED) is 0.0831. The molecule has 1 amide bonds. The summed E-state index contributed by atoms with van der Waals surface area (Å²) in [6.07, 6.45) is 5.91. The summed E-state index contributed by atoms with van der Waals surface area (Å²) in [7, 11) is 0. The molecule has 0 saturated carbocycles. The van der Waals surface area contributed by atoms with Crippen LogP contribution in [0.2, 0.25) is 20.1 Å². The van der Waals surface area contributed by atoms with E-state index in [1.54, 1.807) is 62.9 Å². The lowest BCUT2D eigenvalue weighted by atomic mass is 10.1. The molecule has 0 spiro atoms. The number of aliphatic hydroxyl groups is 2. The largest absolute Gasteiger partial charge is 0.458 e. The molecule has 6 aromatic rings. The standard InChI is InChI=1S/C21H21Cl2N3O3S.C20H20Cl2N4O3S.CH4/c1-13(11-27)20-21(30-18-8-16(22)7-17(23)9-18)26(10-15-3-5-24-6-4-15)19(25-20)12-29-14(2)28;1-20(2,28)17-18(30-15-8-13(21)7-14(22)9-15)26(10-12-3-5-24-6-4-12)16(25-17)11-29-19(23)27;/h3-9,13,27H,10-12H2,1-2H3;3-9,28H,10-11H2,1-2H3,(H2,23,27);1H4. The lowest BCUT2D eigenvalue weighted by Crippen LogP contribution is -2.17. The summed E-state index contributed by atoms with van der Waals surface area (Å²) < 4.78 is 14.1. The second-order valence-corrected chi connectivity index (χ2v) is 17.6. The Labute approximate surface area is 382 Å². The minimum atomic E-state index is -1.25. The molecule has 4 N–H and O–H groups in total. The number of primary amides is 1. The molecule has 1 atom stereocenters. The number of nitrogens with zero attached hydrogens (tertiary/aromatic N) is 6. The summed E-state index contributed by atoms with van der Waals surface area (Å²) in [6, 6.07) is 18.1. The van der Waals surface area contributed by atoms with Gasteiger partial charge in [-0.15, -0.1) is 0 Å². The molecule has 6 rings (SSSR count). The lowest BCUT2D eigenvalue weighted by molar-refractivity contribution is -0.142. The van der Waals surface area contributed by atoms with Gasteiger partial charge in [0.25, 0.3) is 0 Å². The number of hydrogen-bond donors (Lipinski definition) is 3. The highest BCUT2D eigenvalue weighted by molar-refractivity contribution is 7.99. The number of halogens is 4. The molecular formula is C42H45Cl4N7O6S2. The number of rotatable bonds is 15. The highest BCUT2D eigenvalue weighted by Crippen LogP contribution is 2.40. The molecule has 0 fully saturated rings. The molecule has 19 heteroatoms. The van der Waals surface area contributed by atoms with E-state index >= 15 is 0 Å². The molecule has 13 nitrogen and oxygen atoms in total. The average molecular weight is 950 g/mol. The zero-order valence-electron chi connectivity index (χ0n) is 32.8. The first-order valence-corrected chi connectivity index (χ1v) is 21.3. The van der Waals surface area contributed by atoms with Crippen LogP contribution >= 0.6 is 69.9 Å². The van der Waals surface area contributed by atoms with Gasteiger partial charge >= 0.3 is 12.1 Å². The summed E-state index contributed by atoms with van der Waals surface area (Å²) in [6.45, 7) is 7.27. The summed E-state index contributed by atoms with van der Waals surface area (Å²) in [5, 5.41) is 24.1. The van der Waals surface area contributed by atoms with Crippen molar-refractivity contribution in [3.05, 3.63) is 140 Å². The highest BCUT2D eigenvalue weighted by atomic mass is 35.5. The van der Waals surface area contributed by atoms with Crippen LogP contribution in [0, 0.1) is 0 Å². The van der Waals surface area contributed by atoms with E-state index in [0.29, 0.717) is 55.5 Å². The summed E-state index contributed by atoms with van der Waals surface area (Å²) in [4.78, 5) is 41.6. The number of pyridine rings is 2. The Morgan fingerprint density at radius 1 is 0.754 bits per heavy atom. The Hall–Kier alpha value is -4.32. The maximum absolute atomic E-state index is 11.4. The average Bonchev–Trinajstić information content (AvgIpc) is 3.69. The number of benzene rings is 2. The van der Waals surface area contributed by atoms with E-state index in [2.05, 4.69) is 15.0 Å². The van der Waals surface area contributed by atoms with Crippen LogP contribution in [-0.2, 0) is 46.2 Å². The van der Waals surface area contributed by atoms with Crippen LogP contribution in [-0.4, -0.2) is 58.0 Å². The van der Waals surface area contributed by atoms with Crippen molar-refractivity contribution in [1.82, 2.24) is 29.1 Å². The molecule has 61 heavy (non-hydrogen) atoms. The fourth-order valence-electron chi connectivity index (χ4n) is 5.59. The molecule has 0 aliphatic carbocycles. The van der Waals surface area contributed by atoms with Gasteiger partial charge in [0.2, 0.25) is 0 Å². The molecule has 0 saturated heterocycles. The Morgan fingerprint density at radius 3 is 1.61 bits per heavy atom. The Morgan fingerprint density at radius 2 is 1.18 bits per heavy atom. The van der Waals surface area contributed by atoms with Crippen molar-refractivity contribution in [2.75, 3.05) is 6.61 Å². The van der Waals surface area contributed by atoms with Gasteiger partial charge in [0.15, 0.2) is 6.61 Å². The van der Waals surface area contributed by atoms with E-state index in [4.69, 9.17) is 66.6 Å². The molecule has 0 aliphatic rings. The maximum Gasteiger partial charge on any atom is 0.404 e. The number of ether oxygens (including phenoxy) is 2. The monoisotopic (exact) mass is 947 g/mol. The zero-order valence-corrected chi connectivity index (χ0v) is 37.5. The van der Waals surface area contributed by atoms with Gasteiger partial charge in [0, 0.05) is 67.5 Å². The van der Waals surface area contributed by atoms with Crippen molar-refractivity contribution >= 4 is 82.0 Å². The summed E-state index contributed by atoms with van der Waals surface area (Å²) in [5.74, 6) is 0.435. The Kier molecular flexibility index (Phi) is 18.3. The van der Waals surface area contributed by atoms with Gasteiger partial charge in [-0.05, 0) is 85.6 Å². The van der Waals surface area contributed by atoms with Gasteiger partial charge in [-0.2, -0.15) is 0 Å². The Bertz CT molecular complexity index is 2370. The smallest absolute Gasteiger partial charge is 0.404 e. The van der Waals surface area contributed by atoms with E-state index in [9.17, 15) is 19.8 Å². The molecule has 2 aromatic carbocycles. The minimum Gasteiger partial charge on any atom is -0.458 e. The zero-order chi connectivity index (χ0) is 43.6. The number of nitrogens with two attached hydrogens (primary N) is 1. The molecule has 0 radical (unpaired) electrons. The highest BCUT2D eigenvalue weighted by Gasteiger charge is 2.30. The molecule has 1 unspecified atom stereocenters. The topological polar surface area (TPSA) is 180 Å². The molecular weight excluding hydrogens is 904 g/mol. The third-order valence-electron chi connectivity index (χ3n) is 8.38. The van der Waals surface area contributed by atoms with Gasteiger partial charge in [0.1, 0.15) is 39.6 Å². The number of imidazole rings is 2. The van der Waals surface area contributed by atoms with E-state index in [0.717, 1.165) is 31.6 Å². The fourth-order valence-corrected chi connectivity index (χ4v) is 9.39. The van der Waals surface area contributed by atoms with Crippen LogP contribution in [0.1, 0.15) is 75.2 Å². The van der Waals surface area contributed by atoms with Crippen molar-refractivity contribution in [2.24, 2.45) is 5.73 Å². The minimum absolute atomic E-state index is 0. The van der Waals surface area contributed by atoms with Crippen molar-refractivity contribution in [3.63, 3.8) is 0 Å². The number of amides is 1. The number of hydrogen-bond acceptors (Lipinski definition) is 12. The maximum atomic E-state index is 11.4. The SMILES string of the molecule is C.CC(=O)OCc1nc(C(C)CO)c(Sc2cc(Cl)cc(Cl)c2)n1Cc1ccncc1.CC(C)(O)c1nc(COC(N)=O)n(Cc2ccncc2)c1Sc1cc(Cl)cc(Cl)c1. The fraction of sp³-hybridized carbons (Fsp3) is 0.286. The normalized spacial score (nSPS) is 11.6. The van der Waals surface area contributed by atoms with E-state index in [1.165, 1.54) is 30.4 Å². The third kappa shape index (κ3) is 14.4. The predicted molar refractivity (Wildman–Crippen MR) is 240 cm³/mol. The first-order chi connectivity index (χ1) is 28.5. The number of esters is 1. The second kappa shape index (κ2) is 22.7. The lowest BCUT2D eigenvalue weighted by Gasteiger charge is -2.18. The van der Waals surface area contributed by atoms with Gasteiger partial charge in [-0.25, -0.2) is 14.8 Å². The van der Waals surface area contributed by atoms with Crippen molar-refractivity contribution in [3.8, 4) is 0 Å². The predicted octanol–water partition coefficient (Wildman–Crippen LogP) is 10.2. The van der Waals surface area contributed by atoms with Crippen molar-refractivity contribution in [1.29, 1.82) is 0 Å². The van der Waals surface area contributed by atoms with Gasteiger partial charge in [-0.3, -0.25) is 14.8 Å². The molecule has 0 bridgehead atoms. The van der Waals surface area contributed by atoms with Crippen LogP contribution in [0.5, 0.6) is 0 Å². The van der Waals surface area contributed by atoms with Crippen molar-refractivity contribution < 1.29 is 29.3 Å². The van der Waals surface area contributed by atoms with Gasteiger partial charge in [-0.1, -0.05) is 84.3 Å². The van der Waals surface area contributed by atoms with Crippen LogP contribution in [0.3, 0.4) is 0 Å². The molecule has 4 heterocycles. The number of carbonyl (C=O) groups excluding carboxylic acids is 2. The van der Waals surface area contributed by atoms with E-state index in [-0.39, 0.29) is 39.1 Å².